The van der Waals surface area contributed by atoms with E-state index in [1.54, 1.807) is 0 Å². The molecule has 0 saturated carbocycles. The van der Waals surface area contributed by atoms with E-state index in [1.807, 2.05) is 0 Å². The molecule has 1 unspecified atom stereocenters. The normalized spacial score (nSPS) is 11.6. The van der Waals surface area contributed by atoms with Crippen molar-refractivity contribution < 1.29 is 50.6 Å². The monoisotopic (exact) mass is 596 g/mol. The van der Waals surface area contributed by atoms with Gasteiger partial charge in [-0.25, -0.2) is 18.6 Å². The first-order chi connectivity index (χ1) is 20.0. The molecule has 4 N–H and O–H groups in total. The van der Waals surface area contributed by atoms with Crippen LogP contribution in [0, 0.1) is 11.6 Å². The Morgan fingerprint density at radius 1 is 1.07 bits per heavy atom. The molecular formula is C27H28F4N4O7. The van der Waals surface area contributed by atoms with Crippen molar-refractivity contribution in [2.24, 2.45) is 5.73 Å². The fourth-order valence-electron chi connectivity index (χ4n) is 3.69. The number of alkyl halides is 2. The number of rotatable bonds is 14. The third-order valence-electron chi connectivity index (χ3n) is 5.73. The van der Waals surface area contributed by atoms with Crippen molar-refractivity contribution >= 4 is 17.9 Å². The molecule has 3 amide bonds. The molecule has 11 nitrogen and oxygen atoms in total. The molecule has 1 heterocycles. The average Bonchev–Trinajstić information content (AvgIpc) is 3.38. The molecule has 1 atom stereocenters. The smallest absolute Gasteiger partial charge is 0.405 e. The van der Waals surface area contributed by atoms with Crippen molar-refractivity contribution in [3.05, 3.63) is 65.1 Å². The number of carbonyl (C=O) groups is 3. The number of unbranched alkanes of at least 4 members (excludes halogenated alkanes) is 1. The Morgan fingerprint density at radius 3 is 2.50 bits per heavy atom. The number of carbonyl (C=O) groups excluding carboxylic acids is 3. The number of ether oxygens (including phenoxy) is 3. The van der Waals surface area contributed by atoms with E-state index < -0.39 is 36.4 Å². The lowest BCUT2D eigenvalue weighted by molar-refractivity contribution is -0.120. The van der Waals surface area contributed by atoms with Gasteiger partial charge in [0.1, 0.15) is 11.6 Å². The molecule has 0 aliphatic carbocycles. The molecule has 0 spiro atoms. The fourth-order valence-corrected chi connectivity index (χ4v) is 3.69. The summed E-state index contributed by atoms with van der Waals surface area (Å²) in [6.07, 6.45) is -1.20. The van der Waals surface area contributed by atoms with Gasteiger partial charge in [0.05, 0.1) is 6.61 Å². The molecule has 0 aliphatic rings. The SMILES string of the molecule is CNC(=O)CCCCOc1cc(-c2nc(C(=O)NCc3ccc(F)cc3F)c(C(C)OC(N)=O)o2)ccc1OC(F)F. The minimum absolute atomic E-state index is 0.0109. The number of benzene rings is 2. The maximum absolute atomic E-state index is 14.0. The van der Waals surface area contributed by atoms with Crippen LogP contribution < -0.4 is 25.8 Å². The number of aromatic nitrogens is 1. The molecule has 0 fully saturated rings. The van der Waals surface area contributed by atoms with E-state index in [1.165, 1.54) is 32.2 Å². The van der Waals surface area contributed by atoms with E-state index in [9.17, 15) is 31.9 Å². The zero-order valence-electron chi connectivity index (χ0n) is 22.5. The molecule has 15 heteroatoms. The number of hydrogen-bond donors (Lipinski definition) is 3. The van der Waals surface area contributed by atoms with Gasteiger partial charge in [0, 0.05) is 37.2 Å². The van der Waals surface area contributed by atoms with Gasteiger partial charge in [0.15, 0.2) is 29.1 Å². The Balaban J connectivity index is 1.88. The summed E-state index contributed by atoms with van der Waals surface area (Å²) in [5.74, 6) is -3.45. The zero-order valence-corrected chi connectivity index (χ0v) is 22.5. The first kappa shape index (κ1) is 31.7. The van der Waals surface area contributed by atoms with Crippen LogP contribution in [-0.2, 0) is 16.1 Å². The minimum atomic E-state index is -3.15. The Labute approximate surface area is 237 Å². The van der Waals surface area contributed by atoms with E-state index in [4.69, 9.17) is 19.6 Å². The van der Waals surface area contributed by atoms with Crippen molar-refractivity contribution in [2.45, 2.75) is 45.4 Å². The van der Waals surface area contributed by atoms with Gasteiger partial charge in [-0.1, -0.05) is 6.07 Å². The molecule has 3 aromatic rings. The Morgan fingerprint density at radius 2 is 1.83 bits per heavy atom. The second-order valence-electron chi connectivity index (χ2n) is 8.75. The number of primary amides is 1. The summed E-state index contributed by atoms with van der Waals surface area (Å²) < 4.78 is 74.0. The number of nitrogens with two attached hydrogens (primary N) is 1. The predicted octanol–water partition coefficient (Wildman–Crippen LogP) is 4.60. The molecule has 0 saturated heterocycles. The first-order valence-corrected chi connectivity index (χ1v) is 12.6. The minimum Gasteiger partial charge on any atom is -0.490 e. The maximum Gasteiger partial charge on any atom is 0.405 e. The maximum atomic E-state index is 14.0. The highest BCUT2D eigenvalue weighted by atomic mass is 19.3. The van der Waals surface area contributed by atoms with Gasteiger partial charge >= 0.3 is 12.7 Å². The molecule has 0 aliphatic heterocycles. The van der Waals surface area contributed by atoms with Gasteiger partial charge in [-0.15, -0.1) is 0 Å². The van der Waals surface area contributed by atoms with Gasteiger partial charge in [-0.2, -0.15) is 8.78 Å². The highest BCUT2D eigenvalue weighted by Gasteiger charge is 2.27. The summed E-state index contributed by atoms with van der Waals surface area (Å²) >= 11 is 0. The largest absolute Gasteiger partial charge is 0.490 e. The summed E-state index contributed by atoms with van der Waals surface area (Å²) in [6, 6.07) is 6.64. The Kier molecular flexibility index (Phi) is 11.1. The molecule has 0 bridgehead atoms. The molecule has 2 aromatic carbocycles. The lowest BCUT2D eigenvalue weighted by Crippen LogP contribution is -2.26. The molecule has 42 heavy (non-hydrogen) atoms. The number of halogens is 4. The molecule has 3 rings (SSSR count). The van der Waals surface area contributed by atoms with Crippen LogP contribution in [0.15, 0.2) is 40.8 Å². The summed E-state index contributed by atoms with van der Waals surface area (Å²) in [4.78, 5) is 39.9. The van der Waals surface area contributed by atoms with Crippen LogP contribution in [0.5, 0.6) is 11.5 Å². The summed E-state index contributed by atoms with van der Waals surface area (Å²) in [7, 11) is 1.51. The van der Waals surface area contributed by atoms with Crippen molar-refractivity contribution in [3.63, 3.8) is 0 Å². The third-order valence-corrected chi connectivity index (χ3v) is 5.73. The van der Waals surface area contributed by atoms with Crippen molar-refractivity contribution in [1.82, 2.24) is 15.6 Å². The van der Waals surface area contributed by atoms with Crippen LogP contribution in [-0.4, -0.2) is 43.2 Å². The van der Waals surface area contributed by atoms with Gasteiger partial charge in [0.25, 0.3) is 5.91 Å². The van der Waals surface area contributed by atoms with Crippen molar-refractivity contribution in [1.29, 1.82) is 0 Å². The number of nitrogens with one attached hydrogen (secondary N) is 2. The number of oxazole rings is 1. The van der Waals surface area contributed by atoms with Crippen molar-refractivity contribution in [2.75, 3.05) is 13.7 Å². The molecular weight excluding hydrogens is 568 g/mol. The van der Waals surface area contributed by atoms with Gasteiger partial charge in [-0.3, -0.25) is 9.59 Å². The standard InChI is InChI=1S/C27H28F4N4O7/c1-14(40-27(32)38)23-22(24(37)34-13-16-6-8-17(28)12-18(16)29)35-25(42-23)15-7-9-19(41-26(30)31)20(11-15)39-10-4-3-5-21(36)33-2/h6-9,11-12,14,26H,3-5,10,13H2,1-2H3,(H2,32,38)(H,33,36)(H,34,37). The second kappa shape index (κ2) is 14.7. The highest BCUT2D eigenvalue weighted by Crippen LogP contribution is 2.35. The summed E-state index contributed by atoms with van der Waals surface area (Å²) in [5.41, 5.74) is 4.92. The van der Waals surface area contributed by atoms with Crippen LogP contribution in [0.2, 0.25) is 0 Å². The molecule has 226 valence electrons. The zero-order chi connectivity index (χ0) is 30.8. The van der Waals surface area contributed by atoms with E-state index >= 15 is 0 Å². The molecule has 0 radical (unpaired) electrons. The third kappa shape index (κ3) is 8.84. The van der Waals surface area contributed by atoms with Crippen LogP contribution in [0.3, 0.4) is 0 Å². The van der Waals surface area contributed by atoms with Crippen LogP contribution in [0.1, 0.15) is 54.1 Å². The first-order valence-electron chi connectivity index (χ1n) is 12.6. The Hall–Kier alpha value is -4.82. The van der Waals surface area contributed by atoms with E-state index in [-0.39, 0.29) is 65.5 Å². The quantitative estimate of drug-likeness (QED) is 0.180. The topological polar surface area (TPSA) is 155 Å². The predicted molar refractivity (Wildman–Crippen MR) is 139 cm³/mol. The average molecular weight is 597 g/mol. The fraction of sp³-hybridized carbons (Fsp3) is 0.333. The van der Waals surface area contributed by atoms with Crippen LogP contribution in [0.4, 0.5) is 22.4 Å². The van der Waals surface area contributed by atoms with Crippen LogP contribution >= 0.6 is 0 Å². The lowest BCUT2D eigenvalue weighted by Gasteiger charge is -2.13. The van der Waals surface area contributed by atoms with E-state index in [2.05, 4.69) is 20.4 Å². The summed E-state index contributed by atoms with van der Waals surface area (Å²) in [5, 5.41) is 4.92. The van der Waals surface area contributed by atoms with Crippen LogP contribution in [0.25, 0.3) is 11.5 Å². The Bertz CT molecular complexity index is 1420. The summed E-state index contributed by atoms with van der Waals surface area (Å²) in [6.45, 7) is -2.06. The highest BCUT2D eigenvalue weighted by molar-refractivity contribution is 5.94. The van der Waals surface area contributed by atoms with E-state index in [0.29, 0.717) is 18.9 Å². The second-order valence-corrected chi connectivity index (χ2v) is 8.75. The van der Waals surface area contributed by atoms with Gasteiger partial charge in [-0.05, 0) is 44.0 Å². The van der Waals surface area contributed by atoms with E-state index in [0.717, 1.165) is 12.1 Å². The van der Waals surface area contributed by atoms with Gasteiger partial charge in [0.2, 0.25) is 11.8 Å². The number of nitrogens with zero attached hydrogens (tertiary/aromatic N) is 1. The lowest BCUT2D eigenvalue weighted by atomic mass is 10.2. The number of amides is 3. The number of hydrogen-bond acceptors (Lipinski definition) is 8. The molecule has 1 aromatic heterocycles. The van der Waals surface area contributed by atoms with Gasteiger partial charge < -0.3 is 35.0 Å². The van der Waals surface area contributed by atoms with Crippen molar-refractivity contribution in [3.8, 4) is 23.0 Å².